The quantitative estimate of drug-likeness (QED) is 0.785. The van der Waals surface area contributed by atoms with E-state index in [9.17, 15) is 4.79 Å². The van der Waals surface area contributed by atoms with Crippen LogP contribution in [0.15, 0.2) is 29.1 Å². The van der Waals surface area contributed by atoms with Crippen molar-refractivity contribution in [2.75, 3.05) is 0 Å². The van der Waals surface area contributed by atoms with Crippen LogP contribution < -0.4 is 11.4 Å². The van der Waals surface area contributed by atoms with E-state index in [-0.39, 0.29) is 5.69 Å². The number of para-hydroxylation sites is 2. The van der Waals surface area contributed by atoms with Gasteiger partial charge in [0.15, 0.2) is 0 Å². The van der Waals surface area contributed by atoms with Crippen molar-refractivity contribution >= 4 is 11.0 Å². The zero-order valence-corrected chi connectivity index (χ0v) is 9.73. The number of fused-ring (bicyclic) bond motifs is 1. The highest BCUT2D eigenvalue weighted by Crippen LogP contribution is 2.28. The van der Waals surface area contributed by atoms with Crippen LogP contribution in [0, 0.1) is 0 Å². The number of H-pyrrole nitrogens is 1. The van der Waals surface area contributed by atoms with E-state index in [2.05, 4.69) is 4.98 Å². The number of imidazole rings is 1. The number of benzene rings is 1. The van der Waals surface area contributed by atoms with Crippen LogP contribution in [0.2, 0.25) is 0 Å². The summed E-state index contributed by atoms with van der Waals surface area (Å²) in [6.07, 6.45) is 4.03. The number of nitrogens with two attached hydrogens (primary N) is 1. The van der Waals surface area contributed by atoms with Crippen molar-refractivity contribution in [3.8, 4) is 0 Å². The summed E-state index contributed by atoms with van der Waals surface area (Å²) in [6, 6.07) is 8.48. The van der Waals surface area contributed by atoms with Crippen LogP contribution in [0.5, 0.6) is 0 Å². The summed E-state index contributed by atoms with van der Waals surface area (Å²) in [7, 11) is 0. The zero-order chi connectivity index (χ0) is 11.8. The van der Waals surface area contributed by atoms with Crippen LogP contribution in [-0.2, 0) is 0 Å². The minimum absolute atomic E-state index is 0.00618. The van der Waals surface area contributed by atoms with Gasteiger partial charge < -0.3 is 10.7 Å². The van der Waals surface area contributed by atoms with Crippen LogP contribution in [-0.4, -0.2) is 15.6 Å². The molecule has 1 aliphatic rings. The van der Waals surface area contributed by atoms with Gasteiger partial charge in [-0.15, -0.1) is 0 Å². The van der Waals surface area contributed by atoms with Crippen molar-refractivity contribution in [2.45, 2.75) is 37.8 Å². The monoisotopic (exact) mass is 231 g/mol. The van der Waals surface area contributed by atoms with Crippen LogP contribution in [0.3, 0.4) is 0 Å². The average molecular weight is 231 g/mol. The molecule has 0 spiro atoms. The van der Waals surface area contributed by atoms with Crippen molar-refractivity contribution in [1.29, 1.82) is 0 Å². The summed E-state index contributed by atoms with van der Waals surface area (Å²) in [5.74, 6) is 0. The Morgan fingerprint density at radius 3 is 2.65 bits per heavy atom. The maximum Gasteiger partial charge on any atom is 0.326 e. The van der Waals surface area contributed by atoms with Crippen molar-refractivity contribution in [3.05, 3.63) is 34.7 Å². The molecule has 3 rings (SSSR count). The molecule has 0 radical (unpaired) electrons. The van der Waals surface area contributed by atoms with E-state index in [0.29, 0.717) is 12.1 Å². The first-order chi connectivity index (χ1) is 8.25. The highest BCUT2D eigenvalue weighted by molar-refractivity contribution is 5.75. The van der Waals surface area contributed by atoms with Crippen molar-refractivity contribution in [1.82, 2.24) is 9.55 Å². The lowest BCUT2D eigenvalue weighted by Crippen LogP contribution is -2.31. The minimum atomic E-state index is 0.00618. The number of aromatic nitrogens is 2. The Kier molecular flexibility index (Phi) is 2.52. The number of hydrogen-bond donors (Lipinski definition) is 2. The average Bonchev–Trinajstić information content (AvgIpc) is 2.66. The van der Waals surface area contributed by atoms with Gasteiger partial charge in [-0.25, -0.2) is 4.79 Å². The Bertz CT molecular complexity index is 576. The standard InChI is InChI=1S/C13H17N3O/c14-9-5-7-10(8-6-9)16-12-4-2-1-3-11(12)15-13(16)17/h1-4,9-10H,5-8,14H2,(H,15,17)/t9-,10+. The molecule has 4 nitrogen and oxygen atoms in total. The lowest BCUT2D eigenvalue weighted by molar-refractivity contribution is 0.324. The molecule has 2 aromatic rings. The highest BCUT2D eigenvalue weighted by Gasteiger charge is 2.22. The highest BCUT2D eigenvalue weighted by atomic mass is 16.1. The molecule has 17 heavy (non-hydrogen) atoms. The molecule has 0 unspecified atom stereocenters. The molecule has 1 aromatic heterocycles. The summed E-state index contributed by atoms with van der Waals surface area (Å²) in [5, 5.41) is 0. The lowest BCUT2D eigenvalue weighted by atomic mass is 9.91. The van der Waals surface area contributed by atoms with Crippen LogP contribution in [0.1, 0.15) is 31.7 Å². The van der Waals surface area contributed by atoms with Crippen LogP contribution >= 0.6 is 0 Å². The van der Waals surface area contributed by atoms with Gasteiger partial charge in [-0.05, 0) is 37.8 Å². The molecule has 3 N–H and O–H groups in total. The molecule has 1 aliphatic carbocycles. The fraction of sp³-hybridized carbons (Fsp3) is 0.462. The second-order valence-electron chi connectivity index (χ2n) is 4.89. The van der Waals surface area contributed by atoms with Crippen molar-refractivity contribution in [2.24, 2.45) is 5.73 Å². The Morgan fingerprint density at radius 1 is 1.18 bits per heavy atom. The maximum atomic E-state index is 12.0. The molecule has 0 atom stereocenters. The van der Waals surface area contributed by atoms with Gasteiger partial charge in [-0.3, -0.25) is 4.57 Å². The molecular formula is C13H17N3O. The van der Waals surface area contributed by atoms with Crippen LogP contribution in [0.4, 0.5) is 0 Å². The third kappa shape index (κ3) is 1.78. The van der Waals surface area contributed by atoms with E-state index in [1.807, 2.05) is 28.8 Å². The van der Waals surface area contributed by atoms with Gasteiger partial charge in [0.1, 0.15) is 0 Å². The van der Waals surface area contributed by atoms with E-state index in [0.717, 1.165) is 36.7 Å². The first-order valence-corrected chi connectivity index (χ1v) is 6.20. The molecule has 4 heteroatoms. The molecule has 1 fully saturated rings. The maximum absolute atomic E-state index is 12.0. The summed E-state index contributed by atoms with van der Waals surface area (Å²) in [5.41, 5.74) is 7.85. The fourth-order valence-corrected chi connectivity index (χ4v) is 2.80. The lowest BCUT2D eigenvalue weighted by Gasteiger charge is -2.26. The predicted octanol–water partition coefficient (Wildman–Crippen LogP) is 1.77. The SMILES string of the molecule is N[C@H]1CC[C@@H](n2c(=O)[nH]c3ccccc32)CC1. The van der Waals surface area contributed by atoms with E-state index in [1.54, 1.807) is 0 Å². The first-order valence-electron chi connectivity index (χ1n) is 6.20. The van der Waals surface area contributed by atoms with Gasteiger partial charge in [0.2, 0.25) is 0 Å². The Balaban J connectivity index is 2.05. The van der Waals surface area contributed by atoms with Gasteiger partial charge in [0.05, 0.1) is 11.0 Å². The molecule has 0 amide bonds. The van der Waals surface area contributed by atoms with E-state index < -0.39 is 0 Å². The van der Waals surface area contributed by atoms with Crippen molar-refractivity contribution in [3.63, 3.8) is 0 Å². The topological polar surface area (TPSA) is 63.8 Å². The Morgan fingerprint density at radius 2 is 1.88 bits per heavy atom. The normalized spacial score (nSPS) is 25.2. The number of aromatic amines is 1. The molecule has 0 bridgehead atoms. The third-order valence-corrected chi connectivity index (χ3v) is 3.73. The Labute approximate surface area is 99.4 Å². The van der Waals surface area contributed by atoms with Gasteiger partial charge in [0, 0.05) is 12.1 Å². The summed E-state index contributed by atoms with van der Waals surface area (Å²) in [4.78, 5) is 14.9. The number of nitrogens with one attached hydrogen (secondary N) is 1. The summed E-state index contributed by atoms with van der Waals surface area (Å²) in [6.45, 7) is 0. The van der Waals surface area contributed by atoms with E-state index in [1.165, 1.54) is 0 Å². The third-order valence-electron chi connectivity index (χ3n) is 3.73. The van der Waals surface area contributed by atoms with Gasteiger partial charge >= 0.3 is 5.69 Å². The number of nitrogens with zero attached hydrogens (tertiary/aromatic N) is 1. The zero-order valence-electron chi connectivity index (χ0n) is 9.73. The minimum Gasteiger partial charge on any atom is -0.328 e. The molecule has 0 aliphatic heterocycles. The molecule has 1 heterocycles. The largest absolute Gasteiger partial charge is 0.328 e. The molecule has 1 aromatic carbocycles. The predicted molar refractivity (Wildman–Crippen MR) is 68.0 cm³/mol. The van der Waals surface area contributed by atoms with Gasteiger partial charge in [0.25, 0.3) is 0 Å². The smallest absolute Gasteiger partial charge is 0.326 e. The fourth-order valence-electron chi connectivity index (χ4n) is 2.80. The summed E-state index contributed by atoms with van der Waals surface area (Å²) >= 11 is 0. The first kappa shape index (κ1) is 10.6. The Hall–Kier alpha value is -1.55. The van der Waals surface area contributed by atoms with E-state index >= 15 is 0 Å². The molecule has 1 saturated carbocycles. The van der Waals surface area contributed by atoms with Gasteiger partial charge in [-0.1, -0.05) is 12.1 Å². The second-order valence-corrected chi connectivity index (χ2v) is 4.89. The summed E-state index contributed by atoms with van der Waals surface area (Å²) < 4.78 is 1.90. The number of hydrogen-bond acceptors (Lipinski definition) is 2. The van der Waals surface area contributed by atoms with Crippen LogP contribution in [0.25, 0.3) is 11.0 Å². The second kappa shape index (κ2) is 4.04. The van der Waals surface area contributed by atoms with Gasteiger partial charge in [-0.2, -0.15) is 0 Å². The molecule has 0 saturated heterocycles. The van der Waals surface area contributed by atoms with E-state index in [4.69, 9.17) is 5.73 Å². The molecular weight excluding hydrogens is 214 g/mol. The number of rotatable bonds is 1. The van der Waals surface area contributed by atoms with Crippen molar-refractivity contribution < 1.29 is 0 Å². The molecule has 90 valence electrons.